The lowest BCUT2D eigenvalue weighted by Gasteiger charge is -2.20. The first-order valence-corrected chi connectivity index (χ1v) is 11.7. The van der Waals surface area contributed by atoms with Crippen LogP contribution in [0.5, 0.6) is 5.75 Å². The molecule has 0 saturated heterocycles. The summed E-state index contributed by atoms with van der Waals surface area (Å²) in [6, 6.07) is 20.5. The molecule has 0 radical (unpaired) electrons. The predicted molar refractivity (Wildman–Crippen MR) is 123 cm³/mol. The van der Waals surface area contributed by atoms with E-state index in [2.05, 4.69) is 5.32 Å². The van der Waals surface area contributed by atoms with Gasteiger partial charge in [-0.25, -0.2) is 8.42 Å². The van der Waals surface area contributed by atoms with Gasteiger partial charge < -0.3 is 14.8 Å². The van der Waals surface area contributed by atoms with Gasteiger partial charge in [0.25, 0.3) is 15.9 Å². The second kappa shape index (κ2) is 9.42. The van der Waals surface area contributed by atoms with Crippen LogP contribution in [0.1, 0.15) is 15.9 Å². The van der Waals surface area contributed by atoms with Gasteiger partial charge in [0.2, 0.25) is 0 Å². The number of amides is 1. The first-order valence-electron chi connectivity index (χ1n) is 10.2. The van der Waals surface area contributed by atoms with Crippen LogP contribution in [0.25, 0.3) is 0 Å². The van der Waals surface area contributed by atoms with Gasteiger partial charge in [0.05, 0.1) is 17.2 Å². The fourth-order valence-corrected chi connectivity index (χ4v) is 5.11. The molecule has 7 nitrogen and oxygen atoms in total. The second-order valence-corrected chi connectivity index (χ2v) is 9.17. The van der Waals surface area contributed by atoms with E-state index in [9.17, 15) is 13.2 Å². The fourth-order valence-electron chi connectivity index (χ4n) is 3.56. The number of anilines is 2. The number of hydrogen-bond acceptors (Lipinski definition) is 5. The van der Waals surface area contributed by atoms with E-state index in [1.165, 1.54) is 16.4 Å². The number of carbonyl (C=O) groups excluding carboxylic acids is 1. The van der Waals surface area contributed by atoms with Crippen LogP contribution < -0.4 is 14.4 Å². The van der Waals surface area contributed by atoms with E-state index in [0.717, 1.165) is 5.56 Å². The highest BCUT2D eigenvalue weighted by Crippen LogP contribution is 2.32. The quantitative estimate of drug-likeness (QED) is 0.527. The Morgan fingerprint density at radius 2 is 1.78 bits per heavy atom. The molecule has 3 aromatic carbocycles. The molecule has 1 aliphatic heterocycles. The minimum Gasteiger partial charge on any atom is -0.491 e. The Kier molecular flexibility index (Phi) is 6.43. The molecule has 1 heterocycles. The molecule has 0 unspecified atom stereocenters. The molecule has 0 saturated carbocycles. The molecule has 1 N–H and O–H groups in total. The van der Waals surface area contributed by atoms with Gasteiger partial charge in [-0.15, -0.1) is 0 Å². The summed E-state index contributed by atoms with van der Waals surface area (Å²) < 4.78 is 38.4. The van der Waals surface area contributed by atoms with Crippen LogP contribution in [0.3, 0.4) is 0 Å². The number of carbonyl (C=O) groups is 1. The molecule has 32 heavy (non-hydrogen) atoms. The fraction of sp³-hybridized carbons (Fsp3) is 0.208. The summed E-state index contributed by atoms with van der Waals surface area (Å²) in [6.07, 6.45) is 0.667. The molecule has 1 amide bonds. The van der Waals surface area contributed by atoms with Crippen molar-refractivity contribution in [3.63, 3.8) is 0 Å². The first kappa shape index (κ1) is 21.9. The minimum absolute atomic E-state index is 0.0868. The Balaban J connectivity index is 1.49. The van der Waals surface area contributed by atoms with Gasteiger partial charge in [0.1, 0.15) is 12.4 Å². The maximum atomic E-state index is 13.2. The summed E-state index contributed by atoms with van der Waals surface area (Å²) in [5.74, 6) is 0.274. The van der Waals surface area contributed by atoms with Gasteiger partial charge in [0, 0.05) is 24.9 Å². The molecule has 0 atom stereocenters. The zero-order chi connectivity index (χ0) is 22.6. The lowest BCUT2D eigenvalue weighted by Crippen LogP contribution is -2.29. The monoisotopic (exact) mass is 452 g/mol. The average Bonchev–Trinajstić information content (AvgIpc) is 3.25. The SMILES string of the molecule is COCCOc1ccc(NC(=O)c2cccc(S(=O)(=O)N3CCc4ccccc43)c2)cc1. The van der Waals surface area contributed by atoms with Crippen molar-refractivity contribution in [3.05, 3.63) is 83.9 Å². The highest BCUT2D eigenvalue weighted by molar-refractivity contribution is 7.92. The Labute approximate surface area is 187 Å². The Bertz CT molecular complexity index is 1210. The number of rotatable bonds is 8. The Morgan fingerprint density at radius 1 is 1.00 bits per heavy atom. The predicted octanol–water partition coefficient (Wildman–Crippen LogP) is 3.72. The minimum atomic E-state index is -3.77. The van der Waals surface area contributed by atoms with Crippen molar-refractivity contribution in [2.45, 2.75) is 11.3 Å². The summed E-state index contributed by atoms with van der Waals surface area (Å²) in [5, 5.41) is 2.79. The highest BCUT2D eigenvalue weighted by atomic mass is 32.2. The molecule has 1 aliphatic rings. The third-order valence-corrected chi connectivity index (χ3v) is 7.01. The van der Waals surface area contributed by atoms with Crippen LogP contribution in [-0.4, -0.2) is 41.2 Å². The first-order chi connectivity index (χ1) is 15.5. The second-order valence-electron chi connectivity index (χ2n) is 7.30. The Morgan fingerprint density at radius 3 is 2.56 bits per heavy atom. The van der Waals surface area contributed by atoms with Crippen molar-refractivity contribution >= 4 is 27.3 Å². The molecular formula is C24H24N2O5S. The number of ether oxygens (including phenoxy) is 2. The van der Waals surface area contributed by atoms with E-state index in [1.807, 2.05) is 18.2 Å². The van der Waals surface area contributed by atoms with Crippen molar-refractivity contribution in [3.8, 4) is 5.75 Å². The molecule has 4 rings (SSSR count). The van der Waals surface area contributed by atoms with Crippen molar-refractivity contribution in [1.82, 2.24) is 0 Å². The maximum absolute atomic E-state index is 13.2. The number of hydrogen-bond donors (Lipinski definition) is 1. The lowest BCUT2D eigenvalue weighted by atomic mass is 10.2. The molecular weight excluding hydrogens is 428 g/mol. The molecule has 0 aliphatic carbocycles. The number of nitrogens with one attached hydrogen (secondary N) is 1. The van der Waals surface area contributed by atoms with Crippen molar-refractivity contribution < 1.29 is 22.7 Å². The number of benzene rings is 3. The van der Waals surface area contributed by atoms with Crippen LogP contribution in [0, 0.1) is 0 Å². The van der Waals surface area contributed by atoms with Crippen LogP contribution in [0.2, 0.25) is 0 Å². The molecule has 0 aromatic heterocycles. The molecule has 0 spiro atoms. The number of nitrogens with zero attached hydrogens (tertiary/aromatic N) is 1. The summed E-state index contributed by atoms with van der Waals surface area (Å²) in [4.78, 5) is 12.8. The summed E-state index contributed by atoms with van der Waals surface area (Å²) in [6.45, 7) is 1.31. The maximum Gasteiger partial charge on any atom is 0.264 e. The van der Waals surface area contributed by atoms with E-state index < -0.39 is 15.9 Å². The summed E-state index contributed by atoms with van der Waals surface area (Å²) in [5.41, 5.74) is 2.53. The Hall–Kier alpha value is -3.36. The van der Waals surface area contributed by atoms with E-state index in [4.69, 9.17) is 9.47 Å². The summed E-state index contributed by atoms with van der Waals surface area (Å²) in [7, 11) is -2.17. The zero-order valence-electron chi connectivity index (χ0n) is 17.7. The lowest BCUT2D eigenvalue weighted by molar-refractivity contribution is 0.102. The largest absolute Gasteiger partial charge is 0.491 e. The standard InChI is InChI=1S/C24H24N2O5S/c1-30-15-16-31-21-11-9-20(10-12-21)25-24(27)19-6-4-7-22(17-19)32(28,29)26-14-13-18-5-2-3-8-23(18)26/h2-12,17H,13-16H2,1H3,(H,25,27). The third kappa shape index (κ3) is 4.61. The number of fused-ring (bicyclic) bond motifs is 1. The highest BCUT2D eigenvalue weighted by Gasteiger charge is 2.30. The van der Waals surface area contributed by atoms with E-state index in [0.29, 0.717) is 43.3 Å². The third-order valence-electron chi connectivity index (χ3n) is 5.20. The van der Waals surface area contributed by atoms with Crippen LogP contribution in [0.4, 0.5) is 11.4 Å². The van der Waals surface area contributed by atoms with E-state index in [1.54, 1.807) is 49.6 Å². The zero-order valence-corrected chi connectivity index (χ0v) is 18.5. The van der Waals surface area contributed by atoms with Crippen molar-refractivity contribution in [2.75, 3.05) is 36.5 Å². The van der Waals surface area contributed by atoms with Gasteiger partial charge in [0.15, 0.2) is 0 Å². The average molecular weight is 453 g/mol. The molecule has 0 bridgehead atoms. The van der Waals surface area contributed by atoms with Gasteiger partial charge in [-0.05, 0) is 60.5 Å². The van der Waals surface area contributed by atoms with Crippen LogP contribution in [-0.2, 0) is 21.2 Å². The molecule has 3 aromatic rings. The molecule has 166 valence electrons. The van der Waals surface area contributed by atoms with Gasteiger partial charge in [-0.3, -0.25) is 9.10 Å². The van der Waals surface area contributed by atoms with Gasteiger partial charge >= 0.3 is 0 Å². The van der Waals surface area contributed by atoms with Crippen LogP contribution in [0.15, 0.2) is 77.7 Å². The summed E-state index contributed by atoms with van der Waals surface area (Å²) >= 11 is 0. The number of para-hydroxylation sites is 1. The smallest absolute Gasteiger partial charge is 0.264 e. The van der Waals surface area contributed by atoms with Gasteiger partial charge in [-0.1, -0.05) is 24.3 Å². The van der Waals surface area contributed by atoms with Crippen molar-refractivity contribution in [2.24, 2.45) is 0 Å². The normalized spacial score (nSPS) is 13.0. The van der Waals surface area contributed by atoms with Gasteiger partial charge in [-0.2, -0.15) is 0 Å². The number of methoxy groups -OCH3 is 1. The number of sulfonamides is 1. The van der Waals surface area contributed by atoms with Crippen molar-refractivity contribution in [1.29, 1.82) is 0 Å². The van der Waals surface area contributed by atoms with Crippen LogP contribution >= 0.6 is 0 Å². The molecule has 0 fully saturated rings. The van der Waals surface area contributed by atoms with E-state index >= 15 is 0 Å². The topological polar surface area (TPSA) is 84.9 Å². The molecule has 8 heteroatoms. The van der Waals surface area contributed by atoms with E-state index in [-0.39, 0.29) is 10.5 Å².